The smallest absolute Gasteiger partial charge is 0.156 e. The summed E-state index contributed by atoms with van der Waals surface area (Å²) in [4.78, 5) is 12.6. The molecule has 0 aliphatic rings. The van der Waals surface area contributed by atoms with Crippen LogP contribution in [0.3, 0.4) is 0 Å². The van der Waals surface area contributed by atoms with E-state index in [1.54, 1.807) is 7.11 Å². The number of hydrogen-bond acceptors (Lipinski definition) is 4. The van der Waals surface area contributed by atoms with Crippen LogP contribution in [0.5, 0.6) is 5.75 Å². The zero-order valence-electron chi connectivity index (χ0n) is 10.7. The van der Waals surface area contributed by atoms with Crippen LogP contribution in [0, 0.1) is 13.8 Å². The van der Waals surface area contributed by atoms with E-state index in [1.165, 1.54) is 0 Å². The van der Waals surface area contributed by atoms with Crippen LogP contribution in [0.15, 0.2) is 24.3 Å². The third-order valence-electron chi connectivity index (χ3n) is 2.42. The monoisotopic (exact) mass is 241 g/mol. The minimum atomic E-state index is 0.677. The second-order valence-electron chi connectivity index (χ2n) is 3.89. The number of methoxy groups -OCH3 is 1. The Morgan fingerprint density at radius 2 is 1.50 bits per heavy atom. The largest absolute Gasteiger partial charge is 0.497 e. The van der Waals surface area contributed by atoms with E-state index in [9.17, 15) is 0 Å². The Kier molecular flexibility index (Phi) is 3.67. The summed E-state index contributed by atoms with van der Waals surface area (Å²) in [5.41, 5.74) is 1.08. The fourth-order valence-corrected chi connectivity index (χ4v) is 1.60. The molecule has 0 bridgehead atoms. The van der Waals surface area contributed by atoms with Gasteiger partial charge in [0.05, 0.1) is 7.11 Å². The molecule has 0 saturated heterocycles. The van der Waals surface area contributed by atoms with Gasteiger partial charge >= 0.3 is 0 Å². The zero-order valence-corrected chi connectivity index (χ0v) is 10.7. The summed E-state index contributed by atoms with van der Waals surface area (Å²) in [7, 11) is 1.65. The molecule has 0 spiro atoms. The first-order chi connectivity index (χ1) is 8.67. The van der Waals surface area contributed by atoms with Crippen molar-refractivity contribution >= 4 is 12.2 Å². The summed E-state index contributed by atoms with van der Waals surface area (Å²) in [6, 6.07) is 7.81. The van der Waals surface area contributed by atoms with Crippen molar-refractivity contribution in [3.05, 3.63) is 47.3 Å². The number of aromatic nitrogens is 3. The quantitative estimate of drug-likeness (QED) is 0.829. The number of hydrogen-bond donors (Lipinski definition) is 0. The number of nitrogens with zero attached hydrogens (tertiary/aromatic N) is 3. The Hall–Kier alpha value is -2.23. The third kappa shape index (κ3) is 3.13. The predicted octanol–water partition coefficient (Wildman–Crippen LogP) is 2.67. The Bertz CT molecular complexity index is 542. The first kappa shape index (κ1) is 12.2. The van der Waals surface area contributed by atoms with Crippen LogP contribution in [-0.2, 0) is 0 Å². The average molecular weight is 241 g/mol. The van der Waals surface area contributed by atoms with Crippen LogP contribution >= 0.6 is 0 Å². The van der Waals surface area contributed by atoms with Gasteiger partial charge in [0.2, 0.25) is 0 Å². The van der Waals surface area contributed by atoms with Gasteiger partial charge in [-0.3, -0.25) is 0 Å². The van der Waals surface area contributed by atoms with Crippen molar-refractivity contribution in [2.24, 2.45) is 0 Å². The highest BCUT2D eigenvalue weighted by atomic mass is 16.5. The van der Waals surface area contributed by atoms with Gasteiger partial charge in [-0.15, -0.1) is 0 Å². The molecule has 4 heteroatoms. The second-order valence-corrected chi connectivity index (χ2v) is 3.89. The Morgan fingerprint density at radius 1 is 0.889 bits per heavy atom. The van der Waals surface area contributed by atoms with Crippen LogP contribution in [0.4, 0.5) is 0 Å². The van der Waals surface area contributed by atoms with Gasteiger partial charge in [0.1, 0.15) is 17.4 Å². The highest BCUT2D eigenvalue weighted by Gasteiger charge is 1.96. The molecule has 0 N–H and O–H groups in total. The van der Waals surface area contributed by atoms with Gasteiger partial charge in [0.25, 0.3) is 0 Å². The molecule has 0 atom stereocenters. The van der Waals surface area contributed by atoms with Crippen molar-refractivity contribution in [1.29, 1.82) is 0 Å². The highest BCUT2D eigenvalue weighted by molar-refractivity contribution is 5.66. The van der Waals surface area contributed by atoms with Crippen molar-refractivity contribution in [1.82, 2.24) is 15.0 Å². The molecular formula is C14H15N3O. The molecule has 0 saturated carbocycles. The number of ether oxygens (including phenoxy) is 1. The van der Waals surface area contributed by atoms with Crippen molar-refractivity contribution in [3.8, 4) is 5.75 Å². The number of aryl methyl sites for hydroxylation is 2. The summed E-state index contributed by atoms with van der Waals surface area (Å²) in [5.74, 6) is 2.99. The Labute approximate surface area is 106 Å². The fraction of sp³-hybridized carbons (Fsp3) is 0.214. The van der Waals surface area contributed by atoms with Gasteiger partial charge < -0.3 is 4.74 Å². The Balaban J connectivity index is 2.18. The summed E-state index contributed by atoms with van der Waals surface area (Å²) in [6.07, 6.45) is 3.84. The summed E-state index contributed by atoms with van der Waals surface area (Å²) >= 11 is 0. The maximum absolute atomic E-state index is 5.11. The molecular weight excluding hydrogens is 226 g/mol. The van der Waals surface area contributed by atoms with Gasteiger partial charge in [-0.05, 0) is 37.6 Å². The molecule has 1 heterocycles. The minimum Gasteiger partial charge on any atom is -0.497 e. The number of rotatable bonds is 3. The molecule has 18 heavy (non-hydrogen) atoms. The summed E-state index contributed by atoms with van der Waals surface area (Å²) in [6.45, 7) is 3.72. The van der Waals surface area contributed by atoms with Crippen molar-refractivity contribution in [2.45, 2.75) is 13.8 Å². The average Bonchev–Trinajstić information content (AvgIpc) is 2.36. The molecule has 1 aromatic heterocycles. The normalized spacial score (nSPS) is 10.8. The van der Waals surface area contributed by atoms with E-state index in [-0.39, 0.29) is 0 Å². The van der Waals surface area contributed by atoms with Gasteiger partial charge in [0, 0.05) is 0 Å². The van der Waals surface area contributed by atoms with Crippen LogP contribution in [0.1, 0.15) is 23.0 Å². The van der Waals surface area contributed by atoms with Gasteiger partial charge in [-0.25, -0.2) is 15.0 Å². The molecule has 2 rings (SSSR count). The standard InChI is InChI=1S/C14H15N3O/c1-10-15-11(2)17-14(16-10)9-6-12-4-7-13(18-3)8-5-12/h4-9H,1-3H3/b9-6+. The lowest BCUT2D eigenvalue weighted by atomic mass is 10.2. The van der Waals surface area contributed by atoms with Crippen molar-refractivity contribution in [2.75, 3.05) is 7.11 Å². The highest BCUT2D eigenvalue weighted by Crippen LogP contribution is 2.13. The molecule has 0 radical (unpaired) electrons. The maximum Gasteiger partial charge on any atom is 0.156 e. The molecule has 1 aromatic carbocycles. The van der Waals surface area contributed by atoms with E-state index in [2.05, 4.69) is 15.0 Å². The molecule has 4 nitrogen and oxygen atoms in total. The van der Waals surface area contributed by atoms with Crippen molar-refractivity contribution < 1.29 is 4.74 Å². The van der Waals surface area contributed by atoms with E-state index in [1.807, 2.05) is 50.3 Å². The predicted molar refractivity (Wildman–Crippen MR) is 71.2 cm³/mol. The molecule has 0 fully saturated rings. The van der Waals surface area contributed by atoms with Gasteiger partial charge in [-0.2, -0.15) is 0 Å². The Morgan fingerprint density at radius 3 is 2.06 bits per heavy atom. The first-order valence-electron chi connectivity index (χ1n) is 5.69. The molecule has 0 aliphatic heterocycles. The van der Waals surface area contributed by atoms with Crippen LogP contribution in [0.2, 0.25) is 0 Å². The van der Waals surface area contributed by atoms with E-state index in [0.717, 1.165) is 23.0 Å². The lowest BCUT2D eigenvalue weighted by molar-refractivity contribution is 0.415. The van der Waals surface area contributed by atoms with Gasteiger partial charge in [0.15, 0.2) is 5.82 Å². The molecule has 0 amide bonds. The lowest BCUT2D eigenvalue weighted by Crippen LogP contribution is -1.98. The summed E-state index contributed by atoms with van der Waals surface area (Å²) < 4.78 is 5.11. The topological polar surface area (TPSA) is 47.9 Å². The van der Waals surface area contributed by atoms with Gasteiger partial charge in [-0.1, -0.05) is 18.2 Å². The van der Waals surface area contributed by atoms with Crippen LogP contribution < -0.4 is 4.74 Å². The molecule has 0 aliphatic carbocycles. The maximum atomic E-state index is 5.11. The van der Waals surface area contributed by atoms with E-state index >= 15 is 0 Å². The molecule has 92 valence electrons. The van der Waals surface area contributed by atoms with E-state index < -0.39 is 0 Å². The fourth-order valence-electron chi connectivity index (χ4n) is 1.60. The molecule has 0 unspecified atom stereocenters. The summed E-state index contributed by atoms with van der Waals surface area (Å²) in [5, 5.41) is 0. The second kappa shape index (κ2) is 5.40. The minimum absolute atomic E-state index is 0.677. The molecule has 2 aromatic rings. The first-order valence-corrected chi connectivity index (χ1v) is 5.69. The van der Waals surface area contributed by atoms with E-state index in [0.29, 0.717) is 5.82 Å². The van der Waals surface area contributed by atoms with Crippen molar-refractivity contribution in [3.63, 3.8) is 0 Å². The van der Waals surface area contributed by atoms with Crippen LogP contribution in [0.25, 0.3) is 12.2 Å². The van der Waals surface area contributed by atoms with E-state index in [4.69, 9.17) is 4.74 Å². The number of benzene rings is 1. The SMILES string of the molecule is COc1ccc(/C=C/c2nc(C)nc(C)n2)cc1. The zero-order chi connectivity index (χ0) is 13.0. The third-order valence-corrected chi connectivity index (χ3v) is 2.42. The lowest BCUT2D eigenvalue weighted by Gasteiger charge is -1.99. The van der Waals surface area contributed by atoms with Crippen LogP contribution in [-0.4, -0.2) is 22.1 Å².